The Labute approximate surface area is 206 Å². The van der Waals surface area contributed by atoms with Crippen molar-refractivity contribution in [1.82, 2.24) is 39.5 Å². The molecule has 0 aliphatic carbocycles. The summed E-state index contributed by atoms with van der Waals surface area (Å²) >= 11 is 0. The number of aromatic nitrogens is 8. The molecule has 174 valence electrons. The largest absolute Gasteiger partial charge is 0.298 e. The van der Waals surface area contributed by atoms with Gasteiger partial charge in [-0.3, -0.25) is 4.57 Å². The summed E-state index contributed by atoms with van der Waals surface area (Å²) in [6.07, 6.45) is 1.89. The van der Waals surface area contributed by atoms with Gasteiger partial charge in [0.15, 0.2) is 0 Å². The fourth-order valence-electron chi connectivity index (χ4n) is 5.38. The van der Waals surface area contributed by atoms with Gasteiger partial charge in [-0.25, -0.2) is 14.3 Å². The van der Waals surface area contributed by atoms with Gasteiger partial charge in [0.2, 0.25) is 0 Å². The second kappa shape index (κ2) is 7.58. The van der Waals surface area contributed by atoms with E-state index in [4.69, 9.17) is 0 Å². The Hall–Kier alpha value is -4.85. The minimum atomic E-state index is 0.847. The van der Waals surface area contributed by atoms with Crippen molar-refractivity contribution in [2.75, 3.05) is 0 Å². The van der Waals surface area contributed by atoms with Crippen molar-refractivity contribution in [3.05, 3.63) is 95.8 Å². The Morgan fingerprint density at radius 2 is 0.944 bits per heavy atom. The third-order valence-corrected chi connectivity index (χ3v) is 6.95. The van der Waals surface area contributed by atoms with E-state index in [1.54, 1.807) is 0 Å². The van der Waals surface area contributed by atoms with Gasteiger partial charge >= 0.3 is 0 Å². The van der Waals surface area contributed by atoms with Crippen LogP contribution in [0.3, 0.4) is 0 Å². The molecule has 8 heteroatoms. The van der Waals surface area contributed by atoms with Crippen LogP contribution < -0.4 is 0 Å². The Balaban J connectivity index is 1.64. The number of fused-ring (bicyclic) bond motifs is 3. The molecule has 0 spiro atoms. The Morgan fingerprint density at radius 1 is 0.500 bits per heavy atom. The molecule has 0 saturated carbocycles. The van der Waals surface area contributed by atoms with Crippen molar-refractivity contribution in [3.8, 4) is 17.1 Å². The van der Waals surface area contributed by atoms with E-state index in [-0.39, 0.29) is 0 Å². The number of benzene rings is 4. The van der Waals surface area contributed by atoms with Crippen LogP contribution in [0, 0.1) is 20.8 Å². The lowest BCUT2D eigenvalue weighted by Crippen LogP contribution is -2.14. The van der Waals surface area contributed by atoms with Crippen LogP contribution in [0.2, 0.25) is 0 Å². The third-order valence-electron chi connectivity index (χ3n) is 6.95. The summed E-state index contributed by atoms with van der Waals surface area (Å²) < 4.78 is 6.03. The van der Waals surface area contributed by atoms with E-state index in [0.717, 1.165) is 66.9 Å². The normalized spacial score (nSPS) is 11.8. The van der Waals surface area contributed by atoms with Crippen molar-refractivity contribution in [2.24, 2.45) is 0 Å². The number of nitrogens with zero attached hydrogens (tertiary/aromatic N) is 8. The summed E-state index contributed by atoms with van der Waals surface area (Å²) in [6.45, 7) is 6.39. The average Bonchev–Trinajstić information content (AvgIpc) is 3.62. The molecule has 0 amide bonds. The molecule has 0 atom stereocenters. The van der Waals surface area contributed by atoms with Gasteiger partial charge in [-0.05, 0) is 68.3 Å². The fraction of sp³-hybridized carbons (Fsp3) is 0.107. The molecule has 0 fully saturated rings. The molecular weight excluding hydrogens is 448 g/mol. The molecule has 0 N–H and O–H groups in total. The predicted molar refractivity (Wildman–Crippen MR) is 140 cm³/mol. The van der Waals surface area contributed by atoms with E-state index in [0.29, 0.717) is 0 Å². The number of para-hydroxylation sites is 4. The number of imidazole rings is 1. The highest BCUT2D eigenvalue weighted by atomic mass is 15.4. The molecule has 0 unspecified atom stereocenters. The van der Waals surface area contributed by atoms with Crippen LogP contribution in [-0.2, 0) is 0 Å². The van der Waals surface area contributed by atoms with Gasteiger partial charge < -0.3 is 0 Å². The van der Waals surface area contributed by atoms with Crippen molar-refractivity contribution in [2.45, 2.75) is 20.8 Å². The molecule has 0 saturated heterocycles. The van der Waals surface area contributed by atoms with Gasteiger partial charge in [0.05, 0.1) is 39.1 Å². The summed E-state index contributed by atoms with van der Waals surface area (Å²) in [4.78, 5) is 4.68. The van der Waals surface area contributed by atoms with E-state index < -0.39 is 0 Å². The standard InChI is InChI=1S/C28H22N8/c1-17-26(34-16-29-20-10-4-7-13-23(20)34)18(2)28(36-25-15-9-6-12-22(25)31-33-36)19(3)27(17)35-24-14-8-5-11-21(24)30-32-35/h4-16H,1-3H3. The number of rotatable bonds is 3. The van der Waals surface area contributed by atoms with Gasteiger partial charge in [0.25, 0.3) is 0 Å². The van der Waals surface area contributed by atoms with Gasteiger partial charge in [-0.2, -0.15) is 0 Å². The molecule has 7 aromatic rings. The highest BCUT2D eigenvalue weighted by molar-refractivity contribution is 5.84. The lowest BCUT2D eigenvalue weighted by atomic mass is 9.98. The second-order valence-corrected chi connectivity index (χ2v) is 9.00. The van der Waals surface area contributed by atoms with Crippen LogP contribution in [0.4, 0.5) is 0 Å². The van der Waals surface area contributed by atoms with Crippen molar-refractivity contribution in [1.29, 1.82) is 0 Å². The molecule has 3 aromatic heterocycles. The maximum absolute atomic E-state index is 4.68. The quantitative estimate of drug-likeness (QED) is 0.345. The zero-order valence-corrected chi connectivity index (χ0v) is 20.1. The molecule has 0 aliphatic heterocycles. The number of hydrogen-bond donors (Lipinski definition) is 0. The lowest BCUT2D eigenvalue weighted by molar-refractivity contribution is 0.786. The first-order valence-corrected chi connectivity index (χ1v) is 11.8. The van der Waals surface area contributed by atoms with Crippen LogP contribution in [0.15, 0.2) is 79.1 Å². The summed E-state index contributed by atoms with van der Waals surface area (Å²) in [6, 6.07) is 24.2. The van der Waals surface area contributed by atoms with E-state index in [9.17, 15) is 0 Å². The molecule has 0 bridgehead atoms. The van der Waals surface area contributed by atoms with Crippen LogP contribution in [0.5, 0.6) is 0 Å². The Bertz CT molecular complexity index is 1690. The van der Waals surface area contributed by atoms with Gasteiger partial charge in [0, 0.05) is 5.56 Å². The highest BCUT2D eigenvalue weighted by Crippen LogP contribution is 2.37. The van der Waals surface area contributed by atoms with Gasteiger partial charge in [-0.1, -0.05) is 46.8 Å². The smallest absolute Gasteiger partial charge is 0.113 e. The molecule has 7 rings (SSSR count). The molecule has 36 heavy (non-hydrogen) atoms. The van der Waals surface area contributed by atoms with E-state index >= 15 is 0 Å². The maximum atomic E-state index is 4.68. The summed E-state index contributed by atoms with van der Waals surface area (Å²) in [5, 5.41) is 18.1. The zero-order chi connectivity index (χ0) is 24.4. The first-order chi connectivity index (χ1) is 17.6. The van der Waals surface area contributed by atoms with E-state index in [1.165, 1.54) is 0 Å². The summed E-state index contributed by atoms with van der Waals surface area (Å²) in [5.74, 6) is 0. The molecule has 0 aliphatic rings. The first-order valence-electron chi connectivity index (χ1n) is 11.8. The van der Waals surface area contributed by atoms with Crippen LogP contribution >= 0.6 is 0 Å². The molecule has 3 heterocycles. The van der Waals surface area contributed by atoms with E-state index in [2.05, 4.69) is 57.0 Å². The predicted octanol–water partition coefficient (Wildman–Crippen LogP) is 5.42. The minimum absolute atomic E-state index is 0.847. The maximum Gasteiger partial charge on any atom is 0.113 e. The molecular formula is C28H22N8. The zero-order valence-electron chi connectivity index (χ0n) is 20.1. The molecule has 4 aromatic carbocycles. The van der Waals surface area contributed by atoms with Crippen LogP contribution in [-0.4, -0.2) is 39.5 Å². The molecule has 8 nitrogen and oxygen atoms in total. The fourth-order valence-corrected chi connectivity index (χ4v) is 5.38. The van der Waals surface area contributed by atoms with Crippen LogP contribution in [0.1, 0.15) is 16.7 Å². The lowest BCUT2D eigenvalue weighted by Gasteiger charge is -2.23. The van der Waals surface area contributed by atoms with Gasteiger partial charge in [-0.15, -0.1) is 10.2 Å². The van der Waals surface area contributed by atoms with Crippen molar-refractivity contribution >= 4 is 33.1 Å². The van der Waals surface area contributed by atoms with Crippen molar-refractivity contribution in [3.63, 3.8) is 0 Å². The second-order valence-electron chi connectivity index (χ2n) is 9.00. The van der Waals surface area contributed by atoms with Crippen LogP contribution in [0.25, 0.3) is 50.2 Å². The van der Waals surface area contributed by atoms with E-state index in [1.807, 2.05) is 82.4 Å². The topological polar surface area (TPSA) is 79.2 Å². The summed E-state index contributed by atoms with van der Waals surface area (Å²) in [7, 11) is 0. The Morgan fingerprint density at radius 3 is 1.50 bits per heavy atom. The highest BCUT2D eigenvalue weighted by Gasteiger charge is 2.25. The van der Waals surface area contributed by atoms with Crippen molar-refractivity contribution < 1.29 is 0 Å². The third kappa shape index (κ3) is 2.78. The minimum Gasteiger partial charge on any atom is -0.298 e. The average molecular weight is 471 g/mol. The van der Waals surface area contributed by atoms with Gasteiger partial charge in [0.1, 0.15) is 17.4 Å². The first kappa shape index (κ1) is 20.5. The monoisotopic (exact) mass is 470 g/mol. The Kier molecular flexibility index (Phi) is 4.32. The summed E-state index contributed by atoms with van der Waals surface area (Å²) in [5.41, 5.74) is 11.8. The SMILES string of the molecule is Cc1c(-n2cnc3ccccc32)c(C)c(-n2nnc3ccccc32)c(C)c1-n1nnc2ccccc21. The molecule has 0 radical (unpaired) electrons. The number of hydrogen-bond acceptors (Lipinski definition) is 5.